The molecule has 92 valence electrons. The number of amides is 2. The van der Waals surface area contributed by atoms with Crippen LogP contribution in [0.3, 0.4) is 0 Å². The van der Waals surface area contributed by atoms with E-state index in [2.05, 4.69) is 17.6 Å². The molecule has 1 fully saturated rings. The molecule has 0 bridgehead atoms. The largest absolute Gasteiger partial charge is 0.352 e. The molecule has 3 atom stereocenters. The van der Waals surface area contributed by atoms with Gasteiger partial charge in [0.2, 0.25) is 11.8 Å². The Morgan fingerprint density at radius 3 is 2.44 bits per heavy atom. The molecule has 0 radical (unpaired) electrons. The van der Waals surface area contributed by atoms with E-state index in [1.165, 1.54) is 0 Å². The summed E-state index contributed by atoms with van der Waals surface area (Å²) in [5.74, 6) is 0.233. The van der Waals surface area contributed by atoms with E-state index in [9.17, 15) is 9.59 Å². The lowest BCUT2D eigenvalue weighted by Crippen LogP contribution is -2.47. The van der Waals surface area contributed by atoms with Crippen molar-refractivity contribution in [3.63, 3.8) is 0 Å². The Bertz CT molecular complexity index is 278. The number of hydrogen-bond acceptors (Lipinski definition) is 3. The zero-order chi connectivity index (χ0) is 12.3. The predicted octanol–water partition coefficient (Wildman–Crippen LogP) is -0.389. The maximum Gasteiger partial charge on any atom is 0.239 e. The summed E-state index contributed by atoms with van der Waals surface area (Å²) in [4.78, 5) is 22.8. The highest BCUT2D eigenvalue weighted by Gasteiger charge is 2.33. The smallest absolute Gasteiger partial charge is 0.239 e. The number of nitrogens with one attached hydrogen (secondary N) is 2. The highest BCUT2D eigenvalue weighted by molar-refractivity contribution is 5.87. The summed E-state index contributed by atoms with van der Waals surface area (Å²) in [5.41, 5.74) is 5.64. The fourth-order valence-electron chi connectivity index (χ4n) is 1.37. The maximum absolute atomic E-state index is 11.4. The van der Waals surface area contributed by atoms with Crippen molar-refractivity contribution in [1.29, 1.82) is 0 Å². The van der Waals surface area contributed by atoms with Crippen LogP contribution in [0.1, 0.15) is 27.2 Å². The molecule has 0 heterocycles. The number of hydrogen-bond donors (Lipinski definition) is 3. The predicted molar refractivity (Wildman–Crippen MR) is 61.5 cm³/mol. The van der Waals surface area contributed by atoms with Crippen LogP contribution in [0.25, 0.3) is 0 Å². The van der Waals surface area contributed by atoms with E-state index in [0.717, 1.165) is 6.42 Å². The van der Waals surface area contributed by atoms with Crippen LogP contribution in [0.5, 0.6) is 0 Å². The van der Waals surface area contributed by atoms with E-state index in [4.69, 9.17) is 5.73 Å². The van der Waals surface area contributed by atoms with Crippen molar-refractivity contribution in [2.24, 2.45) is 17.6 Å². The van der Waals surface area contributed by atoms with Crippen LogP contribution in [0.4, 0.5) is 0 Å². The van der Waals surface area contributed by atoms with Gasteiger partial charge in [-0.3, -0.25) is 9.59 Å². The Morgan fingerprint density at radius 2 is 2.00 bits per heavy atom. The third-order valence-electron chi connectivity index (χ3n) is 2.90. The number of carbonyl (C=O) groups excluding carboxylic acids is 2. The zero-order valence-electron chi connectivity index (χ0n) is 10.1. The van der Waals surface area contributed by atoms with Gasteiger partial charge in [0.05, 0.1) is 12.6 Å². The van der Waals surface area contributed by atoms with Gasteiger partial charge in [-0.15, -0.1) is 0 Å². The average molecular weight is 227 g/mol. The fraction of sp³-hybridized carbons (Fsp3) is 0.818. The molecular formula is C11H21N3O2. The molecule has 4 N–H and O–H groups in total. The van der Waals surface area contributed by atoms with Gasteiger partial charge in [0.25, 0.3) is 0 Å². The summed E-state index contributed by atoms with van der Waals surface area (Å²) in [6, 6.07) is -0.254. The molecule has 16 heavy (non-hydrogen) atoms. The average Bonchev–Trinajstić information content (AvgIpc) is 2.89. The van der Waals surface area contributed by atoms with Crippen LogP contribution in [0, 0.1) is 11.8 Å². The third-order valence-corrected chi connectivity index (χ3v) is 2.90. The van der Waals surface area contributed by atoms with Crippen LogP contribution in [-0.4, -0.2) is 30.4 Å². The highest BCUT2D eigenvalue weighted by Crippen LogP contribution is 2.28. The van der Waals surface area contributed by atoms with E-state index in [0.29, 0.717) is 12.0 Å². The highest BCUT2D eigenvalue weighted by atomic mass is 16.2. The topological polar surface area (TPSA) is 84.2 Å². The molecule has 1 saturated carbocycles. The van der Waals surface area contributed by atoms with Crippen LogP contribution in [0.2, 0.25) is 0 Å². The normalized spacial score (nSPS) is 25.1. The first kappa shape index (κ1) is 13.0. The molecule has 0 aromatic carbocycles. The molecule has 0 spiro atoms. The first-order chi connectivity index (χ1) is 7.41. The van der Waals surface area contributed by atoms with E-state index in [1.807, 2.05) is 13.8 Å². The lowest BCUT2D eigenvalue weighted by molar-refractivity contribution is -0.127. The first-order valence-corrected chi connectivity index (χ1v) is 5.74. The molecule has 2 unspecified atom stereocenters. The zero-order valence-corrected chi connectivity index (χ0v) is 10.1. The summed E-state index contributed by atoms with van der Waals surface area (Å²) < 4.78 is 0. The molecule has 5 heteroatoms. The van der Waals surface area contributed by atoms with E-state index in [1.54, 1.807) is 0 Å². The minimum atomic E-state index is -0.548. The Hall–Kier alpha value is -1.10. The summed E-state index contributed by atoms with van der Waals surface area (Å²) in [6.07, 6.45) is 1.03. The molecule has 2 amide bonds. The van der Waals surface area contributed by atoms with Gasteiger partial charge in [-0.05, 0) is 18.3 Å². The molecule has 0 aromatic heterocycles. The Balaban J connectivity index is 2.18. The van der Waals surface area contributed by atoms with E-state index in [-0.39, 0.29) is 24.3 Å². The second-order valence-electron chi connectivity index (χ2n) is 4.87. The van der Waals surface area contributed by atoms with Gasteiger partial charge in [-0.2, -0.15) is 0 Å². The van der Waals surface area contributed by atoms with Gasteiger partial charge >= 0.3 is 0 Å². The van der Waals surface area contributed by atoms with Gasteiger partial charge < -0.3 is 16.4 Å². The van der Waals surface area contributed by atoms with Gasteiger partial charge in [0, 0.05) is 6.04 Å². The monoisotopic (exact) mass is 227 g/mol. The molecule has 1 aliphatic rings. The minimum Gasteiger partial charge on any atom is -0.352 e. The number of nitrogens with two attached hydrogens (primary N) is 1. The summed E-state index contributed by atoms with van der Waals surface area (Å²) in [6.45, 7) is 5.84. The maximum atomic E-state index is 11.4. The first-order valence-electron chi connectivity index (χ1n) is 5.74. The second kappa shape index (κ2) is 5.30. The lowest BCUT2D eigenvalue weighted by atomic mass is 10.1. The van der Waals surface area contributed by atoms with Crippen molar-refractivity contribution in [3.05, 3.63) is 0 Å². The van der Waals surface area contributed by atoms with Crippen LogP contribution >= 0.6 is 0 Å². The van der Waals surface area contributed by atoms with E-state index < -0.39 is 6.04 Å². The van der Waals surface area contributed by atoms with Crippen LogP contribution < -0.4 is 16.4 Å². The molecule has 5 nitrogen and oxygen atoms in total. The van der Waals surface area contributed by atoms with Crippen LogP contribution in [0.15, 0.2) is 0 Å². The summed E-state index contributed by atoms with van der Waals surface area (Å²) >= 11 is 0. The van der Waals surface area contributed by atoms with Gasteiger partial charge in [-0.25, -0.2) is 0 Å². The van der Waals surface area contributed by atoms with E-state index >= 15 is 0 Å². The lowest BCUT2D eigenvalue weighted by Gasteiger charge is -2.15. The Labute approximate surface area is 96.1 Å². The van der Waals surface area contributed by atoms with Gasteiger partial charge in [-0.1, -0.05) is 20.8 Å². The third kappa shape index (κ3) is 3.81. The van der Waals surface area contributed by atoms with Crippen molar-refractivity contribution in [2.45, 2.75) is 39.3 Å². The molecule has 0 saturated heterocycles. The Morgan fingerprint density at radius 1 is 1.44 bits per heavy atom. The SMILES string of the molecule is CC1CC1NC(=O)CNC(=O)[C@@H](N)C(C)C. The minimum absolute atomic E-state index is 0.0163. The molecular weight excluding hydrogens is 206 g/mol. The second-order valence-corrected chi connectivity index (χ2v) is 4.87. The molecule has 0 aliphatic heterocycles. The van der Waals surface area contributed by atoms with Gasteiger partial charge in [0.15, 0.2) is 0 Å². The number of rotatable bonds is 5. The van der Waals surface area contributed by atoms with Crippen molar-refractivity contribution < 1.29 is 9.59 Å². The standard InChI is InChI=1S/C11H21N3O2/c1-6(2)10(12)11(16)13-5-9(15)14-8-4-7(8)3/h6-8,10H,4-5,12H2,1-3H3,(H,13,16)(H,14,15)/t7?,8?,10-/m0/s1. The molecule has 1 aliphatic carbocycles. The fourth-order valence-corrected chi connectivity index (χ4v) is 1.37. The van der Waals surface area contributed by atoms with Crippen molar-refractivity contribution >= 4 is 11.8 Å². The quantitative estimate of drug-likeness (QED) is 0.598. The Kier molecular flexibility index (Phi) is 4.29. The summed E-state index contributed by atoms with van der Waals surface area (Å²) in [7, 11) is 0. The molecule has 0 aromatic rings. The summed E-state index contributed by atoms with van der Waals surface area (Å²) in [5, 5.41) is 5.37. The number of carbonyl (C=O) groups is 2. The van der Waals surface area contributed by atoms with Crippen molar-refractivity contribution in [1.82, 2.24) is 10.6 Å². The van der Waals surface area contributed by atoms with Crippen molar-refractivity contribution in [3.8, 4) is 0 Å². The van der Waals surface area contributed by atoms with Crippen LogP contribution in [-0.2, 0) is 9.59 Å². The molecule has 1 rings (SSSR count). The van der Waals surface area contributed by atoms with Gasteiger partial charge in [0.1, 0.15) is 0 Å². The van der Waals surface area contributed by atoms with Crippen molar-refractivity contribution in [2.75, 3.05) is 6.54 Å².